The van der Waals surface area contributed by atoms with Crippen molar-refractivity contribution in [3.05, 3.63) is 46.6 Å². The highest BCUT2D eigenvalue weighted by molar-refractivity contribution is 8.14. The van der Waals surface area contributed by atoms with Crippen LogP contribution in [0.2, 0.25) is 0 Å². The molecule has 1 aromatic heterocycles. The fraction of sp³-hybridized carbons (Fsp3) is 0.381. The minimum atomic E-state index is -1.03. The molecule has 1 saturated carbocycles. The number of thioether (sulfide) groups is 1. The first-order valence-electron chi connectivity index (χ1n) is 9.59. The summed E-state index contributed by atoms with van der Waals surface area (Å²) in [6.07, 6.45) is 5.89. The van der Waals surface area contributed by atoms with Crippen molar-refractivity contribution >= 4 is 36.4 Å². The maximum Gasteiger partial charge on any atom is 0.262 e. The predicted octanol–water partition coefficient (Wildman–Crippen LogP) is 5.70. The van der Waals surface area contributed by atoms with Gasteiger partial charge in [-0.05, 0) is 44.0 Å². The van der Waals surface area contributed by atoms with Gasteiger partial charge < -0.3 is 14.1 Å². The summed E-state index contributed by atoms with van der Waals surface area (Å²) >= 11 is 5.93. The highest BCUT2D eigenvalue weighted by Crippen LogP contribution is 2.43. The number of thiol groups is 1. The summed E-state index contributed by atoms with van der Waals surface area (Å²) < 4.78 is 39.1. The van der Waals surface area contributed by atoms with Crippen molar-refractivity contribution in [2.45, 2.75) is 43.4 Å². The molecule has 4 rings (SSSR count). The molecule has 1 amide bonds. The molecular weight excluding hydrogens is 416 g/mol. The van der Waals surface area contributed by atoms with Gasteiger partial charge in [-0.15, -0.1) is 12.6 Å². The highest BCUT2D eigenvalue weighted by Gasteiger charge is 2.39. The number of carbonyl (C=O) groups is 1. The minimum Gasteiger partial charge on any atom is -0.493 e. The molecule has 1 unspecified atom stereocenters. The van der Waals surface area contributed by atoms with Gasteiger partial charge >= 0.3 is 0 Å². The fourth-order valence-corrected chi connectivity index (χ4v) is 5.44. The molecule has 1 aliphatic carbocycles. The van der Waals surface area contributed by atoms with Crippen LogP contribution >= 0.6 is 24.4 Å². The SMILES string of the molecule is CCOc1ccc(F)c(F)c1-c1ccc(/C=C2\SC(S)N(C3CCCC3)C2=O)o1. The van der Waals surface area contributed by atoms with Gasteiger partial charge in [0.25, 0.3) is 5.91 Å². The average molecular weight is 438 g/mol. The molecule has 2 aromatic rings. The first-order valence-corrected chi connectivity index (χ1v) is 11.0. The number of hydrogen-bond donors (Lipinski definition) is 1. The zero-order valence-electron chi connectivity index (χ0n) is 15.9. The zero-order valence-corrected chi connectivity index (χ0v) is 17.6. The molecule has 0 bridgehead atoms. The maximum atomic E-state index is 14.4. The second kappa shape index (κ2) is 8.44. The molecule has 4 nitrogen and oxygen atoms in total. The van der Waals surface area contributed by atoms with Crippen molar-refractivity contribution in [1.82, 2.24) is 4.90 Å². The van der Waals surface area contributed by atoms with E-state index in [1.807, 2.05) is 4.90 Å². The number of halogens is 2. The number of hydrogen-bond acceptors (Lipinski definition) is 5. The lowest BCUT2D eigenvalue weighted by molar-refractivity contribution is -0.127. The Morgan fingerprint density at radius 1 is 1.28 bits per heavy atom. The topological polar surface area (TPSA) is 42.7 Å². The van der Waals surface area contributed by atoms with Crippen LogP contribution in [0.4, 0.5) is 8.78 Å². The molecule has 1 atom stereocenters. The lowest BCUT2D eigenvalue weighted by Gasteiger charge is -2.26. The minimum absolute atomic E-state index is 0.0632. The largest absolute Gasteiger partial charge is 0.493 e. The molecule has 0 N–H and O–H groups in total. The molecule has 29 heavy (non-hydrogen) atoms. The number of furan rings is 1. The summed E-state index contributed by atoms with van der Waals surface area (Å²) in [5, 5.41) is 0. The number of carbonyl (C=O) groups excluding carboxylic acids is 1. The smallest absolute Gasteiger partial charge is 0.262 e. The number of amides is 1. The van der Waals surface area contributed by atoms with Crippen LogP contribution in [0, 0.1) is 11.6 Å². The molecule has 154 valence electrons. The van der Waals surface area contributed by atoms with Gasteiger partial charge in [0, 0.05) is 12.1 Å². The van der Waals surface area contributed by atoms with Gasteiger partial charge in [-0.25, -0.2) is 8.78 Å². The van der Waals surface area contributed by atoms with Gasteiger partial charge in [0.2, 0.25) is 0 Å². The van der Waals surface area contributed by atoms with E-state index in [2.05, 4.69) is 12.6 Å². The first kappa shape index (κ1) is 20.3. The van der Waals surface area contributed by atoms with Crippen LogP contribution in [0.25, 0.3) is 17.4 Å². The number of ether oxygens (including phenoxy) is 1. The molecule has 1 aliphatic heterocycles. The van der Waals surface area contributed by atoms with Gasteiger partial charge in [-0.3, -0.25) is 4.79 Å². The third-order valence-electron chi connectivity index (χ3n) is 5.14. The highest BCUT2D eigenvalue weighted by atomic mass is 32.2. The molecule has 0 radical (unpaired) electrons. The Kier molecular flexibility index (Phi) is 5.92. The average Bonchev–Trinajstić information content (AvgIpc) is 3.41. The van der Waals surface area contributed by atoms with Crippen molar-refractivity contribution < 1.29 is 22.7 Å². The Morgan fingerprint density at radius 3 is 2.76 bits per heavy atom. The van der Waals surface area contributed by atoms with Crippen molar-refractivity contribution in [3.63, 3.8) is 0 Å². The lowest BCUT2D eigenvalue weighted by Crippen LogP contribution is -2.37. The van der Waals surface area contributed by atoms with E-state index in [-0.39, 0.29) is 33.7 Å². The van der Waals surface area contributed by atoms with E-state index < -0.39 is 11.6 Å². The number of benzene rings is 1. The van der Waals surface area contributed by atoms with E-state index >= 15 is 0 Å². The Morgan fingerprint density at radius 2 is 2.03 bits per heavy atom. The Bertz CT molecular complexity index is 953. The molecule has 2 fully saturated rings. The monoisotopic (exact) mass is 437 g/mol. The summed E-state index contributed by atoms with van der Waals surface area (Å²) in [6.45, 7) is 2.07. The van der Waals surface area contributed by atoms with Crippen LogP contribution in [-0.2, 0) is 4.79 Å². The molecule has 2 aliphatic rings. The van der Waals surface area contributed by atoms with E-state index in [0.717, 1.165) is 31.7 Å². The second-order valence-electron chi connectivity index (χ2n) is 6.97. The normalized spacial score (nSPS) is 21.5. The number of nitrogens with zero attached hydrogens (tertiary/aromatic N) is 1. The summed E-state index contributed by atoms with van der Waals surface area (Å²) in [4.78, 5) is 15.2. The van der Waals surface area contributed by atoms with E-state index in [1.54, 1.807) is 25.1 Å². The lowest BCUT2D eigenvalue weighted by atomic mass is 10.1. The molecule has 2 heterocycles. The second-order valence-corrected chi connectivity index (χ2v) is 8.93. The fourth-order valence-electron chi connectivity index (χ4n) is 3.80. The summed E-state index contributed by atoms with van der Waals surface area (Å²) in [7, 11) is 0. The van der Waals surface area contributed by atoms with Crippen molar-refractivity contribution in [2.24, 2.45) is 0 Å². The first-order chi connectivity index (χ1) is 14.0. The van der Waals surface area contributed by atoms with Gasteiger partial charge in [0.15, 0.2) is 11.6 Å². The van der Waals surface area contributed by atoms with Gasteiger partial charge in [0.1, 0.15) is 22.0 Å². The van der Waals surface area contributed by atoms with Crippen LogP contribution < -0.4 is 4.74 Å². The maximum absolute atomic E-state index is 14.4. The van der Waals surface area contributed by atoms with Crippen molar-refractivity contribution in [1.29, 1.82) is 0 Å². The van der Waals surface area contributed by atoms with Crippen molar-refractivity contribution in [3.8, 4) is 17.1 Å². The van der Waals surface area contributed by atoms with Gasteiger partial charge in [0.05, 0.1) is 17.1 Å². The third-order valence-corrected chi connectivity index (χ3v) is 6.69. The third kappa shape index (κ3) is 3.92. The molecule has 1 saturated heterocycles. The van der Waals surface area contributed by atoms with E-state index in [9.17, 15) is 13.6 Å². The summed E-state index contributed by atoms with van der Waals surface area (Å²) in [5.41, 5.74) is -0.0680. The molecular formula is C21H21F2NO3S2. The van der Waals surface area contributed by atoms with E-state index in [1.165, 1.54) is 17.8 Å². The summed E-state index contributed by atoms with van der Waals surface area (Å²) in [6, 6.07) is 5.80. The quantitative estimate of drug-likeness (QED) is 0.482. The van der Waals surface area contributed by atoms with Crippen LogP contribution in [0.15, 0.2) is 33.6 Å². The molecule has 1 aromatic carbocycles. The van der Waals surface area contributed by atoms with Gasteiger partial charge in [-0.2, -0.15) is 0 Å². The molecule has 8 heteroatoms. The Labute approximate surface area is 177 Å². The van der Waals surface area contributed by atoms with Crippen molar-refractivity contribution in [2.75, 3.05) is 6.61 Å². The van der Waals surface area contributed by atoms with E-state index in [4.69, 9.17) is 9.15 Å². The van der Waals surface area contributed by atoms with Crippen LogP contribution in [0.1, 0.15) is 38.4 Å². The predicted molar refractivity (Wildman–Crippen MR) is 113 cm³/mol. The zero-order chi connectivity index (χ0) is 20.5. The van der Waals surface area contributed by atoms with Crippen LogP contribution in [0.3, 0.4) is 0 Å². The van der Waals surface area contributed by atoms with Crippen LogP contribution in [0.5, 0.6) is 5.75 Å². The standard InChI is InChI=1S/C21H21F2NO3S2/c1-2-26-15-10-8-14(22)19(23)18(15)16-9-7-13(27-16)11-17-20(25)24(21(28)29-17)12-5-3-4-6-12/h7-12,21,28H,2-6H2,1H3/b17-11-. The Hall–Kier alpha value is -1.93. The molecule has 0 spiro atoms. The van der Waals surface area contributed by atoms with E-state index in [0.29, 0.717) is 17.3 Å². The van der Waals surface area contributed by atoms with Crippen LogP contribution in [-0.4, -0.2) is 28.2 Å². The number of rotatable bonds is 5. The summed E-state index contributed by atoms with van der Waals surface area (Å²) in [5.74, 6) is -1.34. The Balaban J connectivity index is 1.62. The van der Waals surface area contributed by atoms with Gasteiger partial charge in [-0.1, -0.05) is 24.6 Å².